The quantitative estimate of drug-likeness (QED) is 0.804. The second kappa shape index (κ2) is 5.04. The van der Waals surface area contributed by atoms with E-state index in [1.54, 1.807) is 13.3 Å². The first kappa shape index (κ1) is 10.3. The molecule has 2 N–H and O–H groups in total. The van der Waals surface area contributed by atoms with Crippen molar-refractivity contribution in [1.82, 2.24) is 4.98 Å². The predicted octanol–water partition coefficient (Wildman–Crippen LogP) is 1.63. The zero-order chi connectivity index (χ0) is 9.68. The molecule has 1 heterocycles. The predicted molar refractivity (Wildman–Crippen MR) is 53.2 cm³/mol. The summed E-state index contributed by atoms with van der Waals surface area (Å²) in [5.41, 5.74) is 6.49. The van der Waals surface area contributed by atoms with Crippen LogP contribution in [0, 0.1) is 0 Å². The molecule has 13 heavy (non-hydrogen) atoms. The third-order valence-electron chi connectivity index (χ3n) is 1.73. The van der Waals surface area contributed by atoms with E-state index in [9.17, 15) is 0 Å². The number of aromatic nitrogens is 1. The molecule has 0 radical (unpaired) electrons. The first-order valence-corrected chi connectivity index (χ1v) is 4.54. The van der Waals surface area contributed by atoms with E-state index in [4.69, 9.17) is 22.1 Å². The molecule has 0 fully saturated rings. The van der Waals surface area contributed by atoms with Gasteiger partial charge >= 0.3 is 0 Å². The fraction of sp³-hybridized carbons (Fsp3) is 0.444. The van der Waals surface area contributed by atoms with Crippen LogP contribution in [0.4, 0.5) is 0 Å². The summed E-state index contributed by atoms with van der Waals surface area (Å²) < 4.78 is 4.94. The maximum atomic E-state index is 5.89. The second-order valence-corrected chi connectivity index (χ2v) is 3.13. The number of hydrogen-bond acceptors (Lipinski definition) is 3. The standard InChI is InChI=1S/C9H13ClN2O/c1-13-9-8(10)5-7(6-12-9)3-2-4-11/h5-6H,2-4,11H2,1H3. The number of nitrogens with zero attached hydrogens (tertiary/aromatic N) is 1. The molecule has 1 rings (SSSR count). The van der Waals surface area contributed by atoms with Crippen molar-refractivity contribution in [2.24, 2.45) is 5.73 Å². The maximum absolute atomic E-state index is 5.89. The molecular weight excluding hydrogens is 188 g/mol. The summed E-state index contributed by atoms with van der Waals surface area (Å²) in [6.45, 7) is 0.684. The lowest BCUT2D eigenvalue weighted by Gasteiger charge is -2.03. The third-order valence-corrected chi connectivity index (χ3v) is 2.00. The van der Waals surface area contributed by atoms with Gasteiger partial charge in [0.15, 0.2) is 0 Å². The average molecular weight is 201 g/mol. The Labute approximate surface area is 82.9 Å². The lowest BCUT2D eigenvalue weighted by molar-refractivity contribution is 0.398. The van der Waals surface area contributed by atoms with Gasteiger partial charge in [0.2, 0.25) is 5.88 Å². The summed E-state index contributed by atoms with van der Waals surface area (Å²) in [6, 6.07) is 1.86. The molecule has 0 aromatic carbocycles. The summed E-state index contributed by atoms with van der Waals surface area (Å²) in [6.07, 6.45) is 3.62. The van der Waals surface area contributed by atoms with Crippen LogP contribution < -0.4 is 10.5 Å². The minimum Gasteiger partial charge on any atom is -0.480 e. The fourth-order valence-electron chi connectivity index (χ4n) is 1.06. The number of aryl methyl sites for hydroxylation is 1. The van der Waals surface area contributed by atoms with Gasteiger partial charge in [-0.3, -0.25) is 0 Å². The van der Waals surface area contributed by atoms with Gasteiger partial charge in [-0.05, 0) is 31.0 Å². The van der Waals surface area contributed by atoms with Crippen LogP contribution in [0.15, 0.2) is 12.3 Å². The lowest BCUT2D eigenvalue weighted by atomic mass is 10.1. The zero-order valence-electron chi connectivity index (χ0n) is 7.59. The topological polar surface area (TPSA) is 48.1 Å². The van der Waals surface area contributed by atoms with Crippen LogP contribution in [0.5, 0.6) is 5.88 Å². The van der Waals surface area contributed by atoms with E-state index in [2.05, 4.69) is 4.98 Å². The number of pyridine rings is 1. The fourth-order valence-corrected chi connectivity index (χ4v) is 1.32. The zero-order valence-corrected chi connectivity index (χ0v) is 8.34. The molecule has 0 amide bonds. The number of nitrogens with two attached hydrogens (primary N) is 1. The van der Waals surface area contributed by atoms with Gasteiger partial charge in [0.25, 0.3) is 0 Å². The second-order valence-electron chi connectivity index (χ2n) is 2.73. The molecule has 0 aliphatic heterocycles. The minimum atomic E-state index is 0.471. The number of hydrogen-bond donors (Lipinski definition) is 1. The normalized spacial score (nSPS) is 10.1. The average Bonchev–Trinajstić information content (AvgIpc) is 2.15. The van der Waals surface area contributed by atoms with Crippen molar-refractivity contribution in [1.29, 1.82) is 0 Å². The van der Waals surface area contributed by atoms with Gasteiger partial charge in [0.05, 0.1) is 7.11 Å². The molecule has 0 bridgehead atoms. The molecule has 3 nitrogen and oxygen atoms in total. The first-order valence-electron chi connectivity index (χ1n) is 4.16. The molecule has 0 atom stereocenters. The highest BCUT2D eigenvalue weighted by Crippen LogP contribution is 2.22. The van der Waals surface area contributed by atoms with Crippen LogP contribution in [0.2, 0.25) is 5.02 Å². The van der Waals surface area contributed by atoms with Gasteiger partial charge < -0.3 is 10.5 Å². The Morgan fingerprint density at radius 2 is 2.38 bits per heavy atom. The Balaban J connectivity index is 2.71. The van der Waals surface area contributed by atoms with Crippen molar-refractivity contribution in [2.45, 2.75) is 12.8 Å². The maximum Gasteiger partial charge on any atom is 0.232 e. The molecule has 0 saturated heterocycles. The van der Waals surface area contributed by atoms with Gasteiger partial charge in [0.1, 0.15) is 5.02 Å². The Morgan fingerprint density at radius 3 is 2.92 bits per heavy atom. The summed E-state index contributed by atoms with van der Waals surface area (Å²) >= 11 is 5.89. The first-order chi connectivity index (χ1) is 6.27. The third kappa shape index (κ3) is 2.86. The molecular formula is C9H13ClN2O. The molecule has 72 valence electrons. The molecule has 0 aliphatic carbocycles. The Hall–Kier alpha value is -0.800. The van der Waals surface area contributed by atoms with E-state index >= 15 is 0 Å². The summed E-state index contributed by atoms with van der Waals surface area (Å²) in [5, 5.41) is 0.553. The van der Waals surface area contributed by atoms with Crippen LogP contribution in [-0.4, -0.2) is 18.6 Å². The van der Waals surface area contributed by atoms with E-state index in [0.29, 0.717) is 17.4 Å². The Bertz CT molecular complexity index is 278. The Kier molecular flexibility index (Phi) is 3.99. The monoisotopic (exact) mass is 200 g/mol. The molecule has 4 heteroatoms. The van der Waals surface area contributed by atoms with Gasteiger partial charge in [-0.25, -0.2) is 4.98 Å². The smallest absolute Gasteiger partial charge is 0.232 e. The van der Waals surface area contributed by atoms with Gasteiger partial charge in [-0.15, -0.1) is 0 Å². The SMILES string of the molecule is COc1ncc(CCCN)cc1Cl. The molecule has 1 aromatic rings. The molecule has 0 aliphatic rings. The van der Waals surface area contributed by atoms with Crippen LogP contribution in [-0.2, 0) is 6.42 Å². The van der Waals surface area contributed by atoms with Crippen molar-refractivity contribution in [2.75, 3.05) is 13.7 Å². The van der Waals surface area contributed by atoms with E-state index in [1.165, 1.54) is 0 Å². The van der Waals surface area contributed by atoms with Crippen molar-refractivity contribution in [3.63, 3.8) is 0 Å². The minimum absolute atomic E-state index is 0.471. The van der Waals surface area contributed by atoms with Crippen molar-refractivity contribution in [3.05, 3.63) is 22.8 Å². The number of methoxy groups -OCH3 is 1. The summed E-state index contributed by atoms with van der Waals surface area (Å²) in [5.74, 6) is 0.471. The highest BCUT2D eigenvalue weighted by atomic mass is 35.5. The van der Waals surface area contributed by atoms with E-state index in [-0.39, 0.29) is 0 Å². The van der Waals surface area contributed by atoms with Gasteiger partial charge in [-0.2, -0.15) is 0 Å². The largest absolute Gasteiger partial charge is 0.480 e. The summed E-state index contributed by atoms with van der Waals surface area (Å²) in [4.78, 5) is 4.05. The molecule has 1 aromatic heterocycles. The van der Waals surface area contributed by atoms with E-state index in [0.717, 1.165) is 18.4 Å². The van der Waals surface area contributed by atoms with Gasteiger partial charge in [0, 0.05) is 6.20 Å². The molecule has 0 unspecified atom stereocenters. The highest BCUT2D eigenvalue weighted by molar-refractivity contribution is 6.31. The highest BCUT2D eigenvalue weighted by Gasteiger charge is 2.02. The van der Waals surface area contributed by atoms with Crippen molar-refractivity contribution < 1.29 is 4.74 Å². The number of halogens is 1. The van der Waals surface area contributed by atoms with E-state index in [1.807, 2.05) is 6.07 Å². The van der Waals surface area contributed by atoms with Crippen molar-refractivity contribution >= 4 is 11.6 Å². The van der Waals surface area contributed by atoms with Gasteiger partial charge in [-0.1, -0.05) is 11.6 Å². The lowest BCUT2D eigenvalue weighted by Crippen LogP contribution is -2.00. The van der Waals surface area contributed by atoms with E-state index < -0.39 is 0 Å². The van der Waals surface area contributed by atoms with Crippen LogP contribution in [0.25, 0.3) is 0 Å². The number of rotatable bonds is 4. The summed E-state index contributed by atoms with van der Waals surface area (Å²) in [7, 11) is 1.55. The number of ether oxygens (including phenoxy) is 1. The van der Waals surface area contributed by atoms with Crippen LogP contribution >= 0.6 is 11.6 Å². The molecule has 0 saturated carbocycles. The van der Waals surface area contributed by atoms with Crippen LogP contribution in [0.3, 0.4) is 0 Å². The van der Waals surface area contributed by atoms with Crippen LogP contribution in [0.1, 0.15) is 12.0 Å². The molecule has 0 spiro atoms. The Morgan fingerprint density at radius 1 is 1.62 bits per heavy atom. The van der Waals surface area contributed by atoms with Crippen molar-refractivity contribution in [3.8, 4) is 5.88 Å².